The van der Waals surface area contributed by atoms with Gasteiger partial charge in [-0.05, 0) is 0 Å². The molecule has 0 aromatic carbocycles. The fraction of sp³-hybridized carbons (Fsp3) is 0. The first-order chi connectivity index (χ1) is 8.00. The van der Waals surface area contributed by atoms with Crippen molar-refractivity contribution >= 4 is 258 Å². The molecule has 0 aliphatic rings. The van der Waals surface area contributed by atoms with Gasteiger partial charge in [-0.25, -0.2) is 0 Å². The zero-order valence-corrected chi connectivity index (χ0v) is 29.4. The largest absolute Gasteiger partial charge is 2.00 e. The summed E-state index contributed by atoms with van der Waals surface area (Å²) in [7, 11) is -21.6. The molecular weight excluding hydrogens is 620 g/mol. The molecule has 0 heterocycles. The van der Waals surface area contributed by atoms with Crippen LogP contribution in [0.3, 0.4) is 0 Å². The SMILES string of the molecule is O=P([O-])([O-])[O-].O=P([O-])([O-])[O-].O=P([O-])([O-])[O-].O=P([O-])([O-])[O-].[Ca+2].[Ca+2].[Ca+2].[Ca+2].[Ca+2].[Ca+2]. The summed E-state index contributed by atoms with van der Waals surface area (Å²) in [5.74, 6) is 0. The number of phosphoric acid groups is 4. The third-order valence-corrected chi connectivity index (χ3v) is 0. The molecule has 0 aliphatic carbocycles. The van der Waals surface area contributed by atoms with Crippen LogP contribution in [-0.2, 0) is 18.3 Å². The van der Waals surface area contributed by atoms with Gasteiger partial charge in [0.25, 0.3) is 0 Å². The molecule has 0 bridgehead atoms. The van der Waals surface area contributed by atoms with Gasteiger partial charge in [0.1, 0.15) is 0 Å². The zero-order chi connectivity index (χ0) is 18.0. The predicted molar refractivity (Wildman–Crippen MR) is 64.9 cm³/mol. The Labute approximate surface area is 326 Å². The summed E-state index contributed by atoms with van der Waals surface area (Å²) in [6.07, 6.45) is 0. The van der Waals surface area contributed by atoms with E-state index in [1.165, 1.54) is 0 Å². The molecule has 0 aliphatic heterocycles. The smallest absolute Gasteiger partial charge is 0.822 e. The third-order valence-electron chi connectivity index (χ3n) is 0. The molecule has 0 saturated carbocycles. The van der Waals surface area contributed by atoms with E-state index in [4.69, 9.17) is 77.0 Å². The summed E-state index contributed by atoms with van der Waals surface area (Å²) in [6.45, 7) is 0. The van der Waals surface area contributed by atoms with Gasteiger partial charge < -0.3 is 77.0 Å². The first kappa shape index (κ1) is 64.3. The molecule has 0 N–H and O–H groups in total. The van der Waals surface area contributed by atoms with Crippen LogP contribution in [0.5, 0.6) is 0 Å². The second-order valence-corrected chi connectivity index (χ2v) is 5.37. The van der Waals surface area contributed by atoms with Crippen LogP contribution in [-0.4, -0.2) is 226 Å². The van der Waals surface area contributed by atoms with Crippen LogP contribution >= 0.6 is 31.3 Å². The molecule has 0 aromatic heterocycles. The Hall–Kier alpha value is 8.00. The van der Waals surface area contributed by atoms with E-state index in [2.05, 4.69) is 0 Å². The standard InChI is InChI=1S/6Ca.4H3O4P/c;;;;;;4*1-5(2,3)4/h;;;;;;4*(H3,1,2,3,4)/q6*+2;;;;/p-12. The van der Waals surface area contributed by atoms with Crippen LogP contribution in [0.2, 0.25) is 0 Å². The van der Waals surface area contributed by atoms with Crippen LogP contribution in [0.1, 0.15) is 0 Å². The molecule has 26 heteroatoms. The van der Waals surface area contributed by atoms with E-state index in [1.807, 2.05) is 0 Å². The topological polar surface area (TPSA) is 345 Å². The zero-order valence-electron chi connectivity index (χ0n) is 12.6. The van der Waals surface area contributed by atoms with Gasteiger partial charge in [-0.1, -0.05) is 0 Å². The molecular formula is Ca6O16P4. The Morgan fingerprint density at radius 1 is 0.269 bits per heavy atom. The summed E-state index contributed by atoms with van der Waals surface area (Å²) in [5.41, 5.74) is 0. The van der Waals surface area contributed by atoms with Crippen LogP contribution in [0.15, 0.2) is 0 Å². The predicted octanol–water partition coefficient (Wildman–Crippen LogP) is -13.6. The summed E-state index contributed by atoms with van der Waals surface area (Å²) >= 11 is 0. The van der Waals surface area contributed by atoms with E-state index in [0.717, 1.165) is 0 Å². The summed E-state index contributed by atoms with van der Waals surface area (Å²) < 4.78 is 34.2. The van der Waals surface area contributed by atoms with Crippen molar-refractivity contribution in [3.63, 3.8) is 0 Å². The van der Waals surface area contributed by atoms with Crippen LogP contribution in [0, 0.1) is 0 Å². The second kappa shape index (κ2) is 33.0. The van der Waals surface area contributed by atoms with Crippen molar-refractivity contribution in [1.29, 1.82) is 0 Å². The van der Waals surface area contributed by atoms with Crippen molar-refractivity contribution in [2.45, 2.75) is 0 Å². The second-order valence-electron chi connectivity index (χ2n) is 1.79. The van der Waals surface area contributed by atoms with E-state index in [1.54, 1.807) is 0 Å². The van der Waals surface area contributed by atoms with Gasteiger partial charge in [-0.2, -0.15) is 31.3 Å². The van der Waals surface area contributed by atoms with Gasteiger partial charge in [0.2, 0.25) is 0 Å². The monoisotopic (exact) mass is 620 g/mol. The molecule has 0 atom stereocenters. The molecule has 0 saturated heterocycles. The van der Waals surface area contributed by atoms with Gasteiger partial charge in [0.05, 0.1) is 0 Å². The van der Waals surface area contributed by atoms with Gasteiger partial charge in [-0.3, -0.25) is 0 Å². The average Bonchev–Trinajstić information content (AvgIpc) is 1.62. The maximum atomic E-state index is 8.55. The Bertz CT molecular complexity index is 299. The molecule has 0 rings (SSSR count). The molecule has 0 radical (unpaired) electrons. The molecule has 0 aromatic rings. The third kappa shape index (κ3) is 481. The summed E-state index contributed by atoms with van der Waals surface area (Å²) in [6, 6.07) is 0. The molecule has 0 unspecified atom stereocenters. The van der Waals surface area contributed by atoms with E-state index in [0.29, 0.717) is 0 Å². The first-order valence-electron chi connectivity index (χ1n) is 2.92. The van der Waals surface area contributed by atoms with Gasteiger partial charge in [0, 0.05) is 0 Å². The molecule has 0 amide bonds. The Balaban J connectivity index is -0.0000000152. The molecule has 26 heavy (non-hydrogen) atoms. The number of hydrogen-bond donors (Lipinski definition) is 0. The van der Waals surface area contributed by atoms with Gasteiger partial charge in [-0.15, -0.1) is 0 Å². The van der Waals surface area contributed by atoms with Crippen molar-refractivity contribution in [2.75, 3.05) is 0 Å². The van der Waals surface area contributed by atoms with Gasteiger partial charge in [0.15, 0.2) is 0 Å². The average molecular weight is 620 g/mol. The molecule has 0 fully saturated rings. The van der Waals surface area contributed by atoms with Crippen LogP contribution in [0.4, 0.5) is 0 Å². The first-order valence-corrected chi connectivity index (χ1v) is 8.76. The van der Waals surface area contributed by atoms with Crippen LogP contribution < -0.4 is 58.7 Å². The maximum absolute atomic E-state index is 8.55. The Kier molecular flexibility index (Phi) is 81.6. The Morgan fingerprint density at radius 3 is 0.269 bits per heavy atom. The fourth-order valence-electron chi connectivity index (χ4n) is 0. The minimum Gasteiger partial charge on any atom is -0.822 e. The Morgan fingerprint density at radius 2 is 0.269 bits per heavy atom. The van der Waals surface area contributed by atoms with Crippen molar-refractivity contribution in [1.82, 2.24) is 0 Å². The van der Waals surface area contributed by atoms with Crippen molar-refractivity contribution < 1.29 is 77.0 Å². The van der Waals surface area contributed by atoms with E-state index in [9.17, 15) is 0 Å². The summed E-state index contributed by atoms with van der Waals surface area (Å²) in [4.78, 5) is 103. The van der Waals surface area contributed by atoms with Crippen molar-refractivity contribution in [3.8, 4) is 0 Å². The molecule has 0 spiro atoms. The van der Waals surface area contributed by atoms with E-state index < -0.39 is 31.3 Å². The van der Waals surface area contributed by atoms with Crippen molar-refractivity contribution in [2.24, 2.45) is 0 Å². The number of rotatable bonds is 0. The molecule has 16 nitrogen and oxygen atoms in total. The minimum absolute atomic E-state index is 0. The van der Waals surface area contributed by atoms with Crippen molar-refractivity contribution in [3.05, 3.63) is 0 Å². The normalized spacial score (nSPS) is 9.08. The van der Waals surface area contributed by atoms with E-state index in [-0.39, 0.29) is 226 Å². The fourth-order valence-corrected chi connectivity index (χ4v) is 0. The summed E-state index contributed by atoms with van der Waals surface area (Å²) in [5, 5.41) is 0. The van der Waals surface area contributed by atoms with Crippen LogP contribution in [0.25, 0.3) is 0 Å². The quantitative estimate of drug-likeness (QED) is 0.179. The van der Waals surface area contributed by atoms with Gasteiger partial charge >= 0.3 is 226 Å². The maximum Gasteiger partial charge on any atom is 2.00 e. The van der Waals surface area contributed by atoms with E-state index >= 15 is 0 Å². The minimum atomic E-state index is -5.39. The molecule has 128 valence electrons. The number of hydrogen-bond acceptors (Lipinski definition) is 16.